The van der Waals surface area contributed by atoms with Crippen molar-refractivity contribution in [3.8, 4) is 0 Å². The normalized spacial score (nSPS) is 34.1. The van der Waals surface area contributed by atoms with Crippen LogP contribution >= 0.6 is 0 Å². The Morgan fingerprint density at radius 1 is 1.25 bits per heavy atom. The highest BCUT2D eigenvalue weighted by Crippen LogP contribution is 2.51. The van der Waals surface area contributed by atoms with Gasteiger partial charge in [0.2, 0.25) is 5.60 Å². The molecule has 1 fully saturated rings. The van der Waals surface area contributed by atoms with Crippen LogP contribution in [-0.2, 0) is 33.4 Å². The minimum absolute atomic E-state index is 0.134. The third kappa shape index (κ3) is 2.99. The van der Waals surface area contributed by atoms with Gasteiger partial charge in [-0.25, -0.2) is 9.59 Å². The molecular weight excluding hydrogens is 364 g/mol. The second-order valence-corrected chi connectivity index (χ2v) is 7.95. The molecule has 0 saturated carbocycles. The molecule has 0 N–H and O–H groups in total. The monoisotopic (exact) mass is 388 g/mol. The Labute approximate surface area is 163 Å². The van der Waals surface area contributed by atoms with Crippen molar-refractivity contribution < 1.29 is 33.4 Å². The summed E-state index contributed by atoms with van der Waals surface area (Å²) in [6, 6.07) is 0. The number of ether oxygens (including phenoxy) is 3. The number of hydrogen-bond acceptors (Lipinski definition) is 7. The van der Waals surface area contributed by atoms with Crippen molar-refractivity contribution in [2.45, 2.75) is 58.8 Å². The summed E-state index contributed by atoms with van der Waals surface area (Å²) in [7, 11) is 0. The lowest BCUT2D eigenvalue weighted by Crippen LogP contribution is -2.50. The zero-order chi connectivity index (χ0) is 21.0. The van der Waals surface area contributed by atoms with E-state index in [9.17, 15) is 19.2 Å². The van der Waals surface area contributed by atoms with Crippen molar-refractivity contribution in [2.75, 3.05) is 0 Å². The smallest absolute Gasteiger partial charge is 0.351 e. The van der Waals surface area contributed by atoms with Crippen LogP contribution in [0.2, 0.25) is 0 Å². The van der Waals surface area contributed by atoms with Gasteiger partial charge in [0.05, 0.1) is 5.92 Å². The Kier molecular flexibility index (Phi) is 4.81. The Hall–Kier alpha value is -2.70. The molecule has 0 spiro atoms. The van der Waals surface area contributed by atoms with Gasteiger partial charge in [0.1, 0.15) is 12.2 Å². The summed E-state index contributed by atoms with van der Waals surface area (Å²) in [6.45, 7) is 11.4. The first-order valence-electron chi connectivity index (χ1n) is 9.16. The molecule has 7 heteroatoms. The van der Waals surface area contributed by atoms with E-state index in [0.29, 0.717) is 5.57 Å². The first kappa shape index (κ1) is 20.0. The zero-order valence-electron chi connectivity index (χ0n) is 16.7. The molecule has 0 aromatic rings. The van der Waals surface area contributed by atoms with Crippen molar-refractivity contribution in [2.24, 2.45) is 11.8 Å². The van der Waals surface area contributed by atoms with Gasteiger partial charge in [-0.3, -0.25) is 9.59 Å². The minimum Gasteiger partial charge on any atom is -0.462 e. The van der Waals surface area contributed by atoms with Crippen LogP contribution in [-0.4, -0.2) is 41.5 Å². The lowest BCUT2D eigenvalue weighted by atomic mass is 9.77. The fourth-order valence-corrected chi connectivity index (χ4v) is 4.52. The first-order chi connectivity index (χ1) is 13.0. The molecule has 1 aliphatic heterocycles. The standard InChI is InChI=1S/C21H24O7/c1-9(2)19(24)28-21(6)17-14(26-12(5)22)8-11(4)15-13(23)7-10(3)16(15)18(17)27-20(21)25/h7,14,16-18H,1,8H2,2-6H3. The molecule has 5 unspecified atom stereocenters. The van der Waals surface area contributed by atoms with Gasteiger partial charge in [-0.15, -0.1) is 0 Å². The molecule has 0 bridgehead atoms. The van der Waals surface area contributed by atoms with Crippen molar-refractivity contribution >= 4 is 23.7 Å². The summed E-state index contributed by atoms with van der Waals surface area (Å²) in [4.78, 5) is 49.4. The van der Waals surface area contributed by atoms with E-state index in [4.69, 9.17) is 14.2 Å². The molecule has 2 aliphatic carbocycles. The Morgan fingerprint density at radius 2 is 1.89 bits per heavy atom. The number of hydrogen-bond donors (Lipinski definition) is 0. The summed E-state index contributed by atoms with van der Waals surface area (Å²) in [5.41, 5.74) is 0.569. The van der Waals surface area contributed by atoms with Crippen molar-refractivity contribution in [3.05, 3.63) is 34.9 Å². The van der Waals surface area contributed by atoms with Gasteiger partial charge in [0.15, 0.2) is 5.78 Å². The Bertz CT molecular complexity index is 862. The fraction of sp³-hybridized carbons (Fsp3) is 0.524. The maximum atomic E-state index is 12.8. The number of ketones is 1. The first-order valence-corrected chi connectivity index (χ1v) is 9.16. The summed E-state index contributed by atoms with van der Waals surface area (Å²) >= 11 is 0. The van der Waals surface area contributed by atoms with Crippen molar-refractivity contribution in [1.29, 1.82) is 0 Å². The Balaban J connectivity index is 2.13. The van der Waals surface area contributed by atoms with Gasteiger partial charge in [-0.2, -0.15) is 0 Å². The molecule has 5 atom stereocenters. The van der Waals surface area contributed by atoms with Gasteiger partial charge >= 0.3 is 17.9 Å². The lowest BCUT2D eigenvalue weighted by molar-refractivity contribution is -0.175. The lowest BCUT2D eigenvalue weighted by Gasteiger charge is -2.34. The van der Waals surface area contributed by atoms with E-state index in [0.717, 1.165) is 11.1 Å². The molecule has 28 heavy (non-hydrogen) atoms. The largest absolute Gasteiger partial charge is 0.462 e. The topological polar surface area (TPSA) is 96.0 Å². The second-order valence-electron chi connectivity index (χ2n) is 7.95. The number of carbonyl (C=O) groups excluding carboxylic acids is 4. The van der Waals surface area contributed by atoms with Crippen LogP contribution in [0, 0.1) is 11.8 Å². The van der Waals surface area contributed by atoms with Crippen LogP contribution < -0.4 is 0 Å². The van der Waals surface area contributed by atoms with Gasteiger partial charge < -0.3 is 14.2 Å². The molecular formula is C21H24O7. The molecule has 150 valence electrons. The summed E-state index contributed by atoms with van der Waals surface area (Å²) < 4.78 is 16.7. The predicted molar refractivity (Wildman–Crippen MR) is 97.8 cm³/mol. The van der Waals surface area contributed by atoms with Crippen molar-refractivity contribution in [1.82, 2.24) is 0 Å². The van der Waals surface area contributed by atoms with Crippen molar-refractivity contribution in [3.63, 3.8) is 0 Å². The van der Waals surface area contributed by atoms with E-state index in [1.165, 1.54) is 26.8 Å². The average molecular weight is 388 g/mol. The molecule has 0 aromatic heterocycles. The van der Waals surface area contributed by atoms with E-state index in [1.54, 1.807) is 6.92 Å². The van der Waals surface area contributed by atoms with E-state index < -0.39 is 47.6 Å². The molecule has 3 rings (SSSR count). The van der Waals surface area contributed by atoms with E-state index in [2.05, 4.69) is 6.58 Å². The molecule has 1 heterocycles. The highest BCUT2D eigenvalue weighted by Gasteiger charge is 2.65. The summed E-state index contributed by atoms with van der Waals surface area (Å²) in [5, 5.41) is 0. The average Bonchev–Trinajstić information content (AvgIpc) is 2.94. The van der Waals surface area contributed by atoms with Crippen LogP contribution in [0.5, 0.6) is 0 Å². The second kappa shape index (κ2) is 6.72. The van der Waals surface area contributed by atoms with E-state index >= 15 is 0 Å². The highest BCUT2D eigenvalue weighted by molar-refractivity contribution is 6.09. The predicted octanol–water partition coefficient (Wildman–Crippen LogP) is 2.20. The van der Waals surface area contributed by atoms with Gasteiger partial charge in [0, 0.05) is 30.4 Å². The quantitative estimate of drug-likeness (QED) is 0.415. The third-order valence-electron chi connectivity index (χ3n) is 5.73. The molecule has 7 nitrogen and oxygen atoms in total. The summed E-state index contributed by atoms with van der Waals surface area (Å²) in [6.07, 6.45) is 0.220. The van der Waals surface area contributed by atoms with Crippen LogP contribution in [0.1, 0.15) is 41.0 Å². The van der Waals surface area contributed by atoms with E-state index in [-0.39, 0.29) is 17.8 Å². The SMILES string of the molecule is C=C(C)C(=O)OC1(C)C(=O)OC2C3C(C)=CC(=O)C3=C(C)CC(OC(C)=O)C21. The molecule has 0 aromatic carbocycles. The number of allylic oxidation sites excluding steroid dienone is 1. The van der Waals surface area contributed by atoms with Crippen LogP contribution in [0.3, 0.4) is 0 Å². The van der Waals surface area contributed by atoms with Crippen LogP contribution in [0.15, 0.2) is 34.9 Å². The molecule has 1 saturated heterocycles. The molecule has 3 aliphatic rings. The Morgan fingerprint density at radius 3 is 2.46 bits per heavy atom. The van der Waals surface area contributed by atoms with Crippen LogP contribution in [0.4, 0.5) is 0 Å². The molecule has 0 radical (unpaired) electrons. The van der Waals surface area contributed by atoms with Gasteiger partial charge in [-0.05, 0) is 33.8 Å². The zero-order valence-corrected chi connectivity index (χ0v) is 16.7. The van der Waals surface area contributed by atoms with Crippen LogP contribution in [0.25, 0.3) is 0 Å². The minimum atomic E-state index is -1.66. The van der Waals surface area contributed by atoms with Gasteiger partial charge in [-0.1, -0.05) is 17.7 Å². The fourth-order valence-electron chi connectivity index (χ4n) is 4.52. The number of rotatable bonds is 3. The number of fused-ring (bicyclic) bond motifs is 3. The molecule has 0 amide bonds. The summed E-state index contributed by atoms with van der Waals surface area (Å²) in [5.74, 6) is -3.33. The number of esters is 3. The van der Waals surface area contributed by atoms with Gasteiger partial charge in [0.25, 0.3) is 0 Å². The van der Waals surface area contributed by atoms with E-state index in [1.807, 2.05) is 6.92 Å². The highest BCUT2D eigenvalue weighted by atomic mass is 16.6. The maximum absolute atomic E-state index is 12.8. The third-order valence-corrected chi connectivity index (χ3v) is 5.73. The maximum Gasteiger partial charge on any atom is 0.351 e. The number of carbonyl (C=O) groups is 4.